The van der Waals surface area contributed by atoms with E-state index in [1.54, 1.807) is 0 Å². The Kier molecular flexibility index (Phi) is 1.88. The fraction of sp³-hybridized carbons (Fsp3) is 0.0667. The molecule has 0 bridgehead atoms. The lowest BCUT2D eigenvalue weighted by molar-refractivity contribution is 0.543. The number of allylic oxidation sites excluding steroid dienone is 2. The van der Waals surface area contributed by atoms with E-state index >= 15 is 0 Å². The van der Waals surface area contributed by atoms with Crippen LogP contribution in [-0.4, -0.2) is 15.7 Å². The van der Waals surface area contributed by atoms with E-state index < -0.39 is 0 Å². The van der Waals surface area contributed by atoms with Gasteiger partial charge in [0.25, 0.3) is 0 Å². The molecule has 0 atom stereocenters. The van der Waals surface area contributed by atoms with Crippen LogP contribution in [0.4, 0.5) is 5.82 Å². The first-order valence-corrected chi connectivity index (χ1v) is 5.99. The molecule has 2 aliphatic rings. The zero-order valence-electron chi connectivity index (χ0n) is 9.74. The Morgan fingerprint density at radius 2 is 2.06 bits per heavy atom. The number of aliphatic imine (C=N–C) groups is 1. The number of benzene rings is 1. The van der Waals surface area contributed by atoms with E-state index in [2.05, 4.69) is 33.2 Å². The highest BCUT2D eigenvalue weighted by molar-refractivity contribution is 5.98. The van der Waals surface area contributed by atoms with E-state index in [-0.39, 0.29) is 0 Å². The molecule has 0 aliphatic carbocycles. The summed E-state index contributed by atoms with van der Waals surface area (Å²) in [4.78, 5) is 11.4. The summed E-state index contributed by atoms with van der Waals surface area (Å²) in [6, 6.07) is 10.3. The fourth-order valence-corrected chi connectivity index (χ4v) is 2.36. The van der Waals surface area contributed by atoms with Gasteiger partial charge in [-0.15, -0.1) is 0 Å². The van der Waals surface area contributed by atoms with Gasteiger partial charge >= 0.3 is 0 Å². The van der Waals surface area contributed by atoms with Crippen molar-refractivity contribution in [1.82, 2.24) is 9.88 Å². The molecule has 0 saturated carbocycles. The van der Waals surface area contributed by atoms with Crippen molar-refractivity contribution in [3.05, 3.63) is 60.3 Å². The highest BCUT2D eigenvalue weighted by Gasteiger charge is 2.18. The monoisotopic (exact) mass is 233 g/mol. The van der Waals surface area contributed by atoms with E-state index in [1.807, 2.05) is 36.4 Å². The van der Waals surface area contributed by atoms with Crippen LogP contribution in [0.15, 0.2) is 59.8 Å². The zero-order chi connectivity index (χ0) is 11.9. The predicted octanol–water partition coefficient (Wildman–Crippen LogP) is 3.16. The largest absolute Gasteiger partial charge is 0.328 e. The summed E-state index contributed by atoms with van der Waals surface area (Å²) < 4.78 is 0. The molecule has 3 nitrogen and oxygen atoms in total. The van der Waals surface area contributed by atoms with Gasteiger partial charge in [0.15, 0.2) is 5.82 Å². The topological polar surface area (TPSA) is 28.5 Å². The lowest BCUT2D eigenvalue weighted by Gasteiger charge is -2.27. The van der Waals surface area contributed by atoms with Crippen molar-refractivity contribution < 1.29 is 0 Å². The molecule has 3 heterocycles. The number of nitrogens with zero attached hydrogens (tertiary/aromatic N) is 3. The van der Waals surface area contributed by atoms with Crippen LogP contribution in [0.2, 0.25) is 0 Å². The molecule has 18 heavy (non-hydrogen) atoms. The Labute approximate surface area is 105 Å². The van der Waals surface area contributed by atoms with Crippen LogP contribution in [-0.2, 0) is 6.54 Å². The number of amidine groups is 1. The molecule has 2 aromatic rings. The summed E-state index contributed by atoms with van der Waals surface area (Å²) in [6.45, 7) is 0.840. The number of hydrogen-bond donors (Lipinski definition) is 0. The van der Waals surface area contributed by atoms with Gasteiger partial charge in [0.1, 0.15) is 5.84 Å². The van der Waals surface area contributed by atoms with Gasteiger partial charge in [-0.3, -0.25) is 0 Å². The van der Waals surface area contributed by atoms with Crippen LogP contribution in [0.1, 0.15) is 5.56 Å². The van der Waals surface area contributed by atoms with Gasteiger partial charge in [0, 0.05) is 17.1 Å². The lowest BCUT2D eigenvalue weighted by Crippen LogP contribution is -2.27. The van der Waals surface area contributed by atoms with Crippen LogP contribution in [0, 0.1) is 0 Å². The zero-order valence-corrected chi connectivity index (χ0v) is 9.74. The summed E-state index contributed by atoms with van der Waals surface area (Å²) in [6.07, 6.45) is 8.09. The highest BCUT2D eigenvalue weighted by atomic mass is 15.2. The summed E-state index contributed by atoms with van der Waals surface area (Å²) in [7, 11) is 0. The average molecular weight is 233 g/mol. The Hall–Kier alpha value is -2.42. The molecular formula is C15H11N3. The normalized spacial score (nSPS) is 16.4. The van der Waals surface area contributed by atoms with Crippen LogP contribution in [0.25, 0.3) is 10.9 Å². The Balaban J connectivity index is 1.95. The van der Waals surface area contributed by atoms with Crippen molar-refractivity contribution in [1.29, 1.82) is 0 Å². The van der Waals surface area contributed by atoms with Crippen LogP contribution >= 0.6 is 0 Å². The van der Waals surface area contributed by atoms with Crippen molar-refractivity contribution in [2.75, 3.05) is 0 Å². The molecule has 4 rings (SSSR count). The standard InChI is InChI=1S/C15H11N3/c1-2-6-13-11(5-1)9-12-10-18-8-4-3-7-14(18)17-15(12)16-13/h1-9H,10H2. The minimum atomic E-state index is 0.840. The summed E-state index contributed by atoms with van der Waals surface area (Å²) >= 11 is 0. The van der Waals surface area contributed by atoms with Crippen molar-refractivity contribution >= 4 is 22.6 Å². The quantitative estimate of drug-likeness (QED) is 0.699. The first-order chi connectivity index (χ1) is 8.90. The first kappa shape index (κ1) is 9.59. The molecule has 86 valence electrons. The second kappa shape index (κ2) is 3.53. The summed E-state index contributed by atoms with van der Waals surface area (Å²) in [5.74, 6) is 1.81. The van der Waals surface area contributed by atoms with E-state index in [0.29, 0.717) is 0 Å². The van der Waals surface area contributed by atoms with E-state index in [4.69, 9.17) is 0 Å². The van der Waals surface area contributed by atoms with Crippen LogP contribution in [0.5, 0.6) is 0 Å². The molecular weight excluding hydrogens is 222 g/mol. The second-order valence-electron chi connectivity index (χ2n) is 4.46. The first-order valence-electron chi connectivity index (χ1n) is 5.99. The molecule has 0 fully saturated rings. The van der Waals surface area contributed by atoms with Gasteiger partial charge in [-0.05, 0) is 24.3 Å². The van der Waals surface area contributed by atoms with Crippen molar-refractivity contribution in [3.8, 4) is 0 Å². The highest BCUT2D eigenvalue weighted by Crippen LogP contribution is 2.28. The van der Waals surface area contributed by atoms with Gasteiger partial charge in [-0.1, -0.05) is 24.3 Å². The molecule has 0 unspecified atom stereocenters. The van der Waals surface area contributed by atoms with Crippen molar-refractivity contribution in [2.45, 2.75) is 6.54 Å². The molecule has 0 amide bonds. The maximum Gasteiger partial charge on any atom is 0.159 e. The fourth-order valence-electron chi connectivity index (χ4n) is 2.36. The third-order valence-corrected chi connectivity index (χ3v) is 3.26. The third kappa shape index (κ3) is 1.37. The molecule has 0 N–H and O–H groups in total. The van der Waals surface area contributed by atoms with Gasteiger partial charge < -0.3 is 4.90 Å². The molecule has 0 radical (unpaired) electrons. The van der Waals surface area contributed by atoms with Crippen LogP contribution < -0.4 is 0 Å². The van der Waals surface area contributed by atoms with Gasteiger partial charge in [0.2, 0.25) is 0 Å². The minimum Gasteiger partial charge on any atom is -0.328 e. The van der Waals surface area contributed by atoms with Gasteiger partial charge in [-0.25, -0.2) is 9.98 Å². The molecule has 1 aromatic heterocycles. The van der Waals surface area contributed by atoms with E-state index in [9.17, 15) is 0 Å². The SMILES string of the molecule is C1=CC2=Nc3nc4ccccc4cc3CN2C=C1. The smallest absolute Gasteiger partial charge is 0.159 e. The number of para-hydroxylation sites is 1. The second-order valence-corrected chi connectivity index (χ2v) is 4.46. The third-order valence-electron chi connectivity index (χ3n) is 3.26. The van der Waals surface area contributed by atoms with Gasteiger partial charge in [0.05, 0.1) is 12.1 Å². The molecule has 0 spiro atoms. The summed E-state index contributed by atoms with van der Waals surface area (Å²) in [5.41, 5.74) is 2.18. The number of pyridine rings is 1. The number of hydrogen-bond acceptors (Lipinski definition) is 3. The Morgan fingerprint density at radius 1 is 1.11 bits per heavy atom. The predicted molar refractivity (Wildman–Crippen MR) is 72.7 cm³/mol. The molecule has 1 aromatic carbocycles. The molecule has 2 aliphatic heterocycles. The maximum atomic E-state index is 4.63. The Bertz CT molecular complexity index is 726. The number of aromatic nitrogens is 1. The summed E-state index contributed by atoms with van der Waals surface area (Å²) in [5, 5.41) is 1.17. The maximum absolute atomic E-state index is 4.63. The van der Waals surface area contributed by atoms with Gasteiger partial charge in [-0.2, -0.15) is 0 Å². The van der Waals surface area contributed by atoms with Crippen molar-refractivity contribution in [2.24, 2.45) is 4.99 Å². The molecule has 3 heteroatoms. The Morgan fingerprint density at radius 3 is 3.06 bits per heavy atom. The van der Waals surface area contributed by atoms with Crippen molar-refractivity contribution in [3.63, 3.8) is 0 Å². The van der Waals surface area contributed by atoms with Crippen LogP contribution in [0.3, 0.4) is 0 Å². The number of rotatable bonds is 0. The minimum absolute atomic E-state index is 0.840. The van der Waals surface area contributed by atoms with E-state index in [0.717, 1.165) is 23.7 Å². The average Bonchev–Trinajstić information content (AvgIpc) is 2.42. The lowest BCUT2D eigenvalue weighted by atomic mass is 10.1. The molecule has 0 saturated heterocycles. The van der Waals surface area contributed by atoms with E-state index in [1.165, 1.54) is 10.9 Å². The number of fused-ring (bicyclic) bond motifs is 3.